The molecular weight excluding hydrogens is 207 g/mol. The number of ketones is 2. The van der Waals surface area contributed by atoms with Crippen molar-refractivity contribution in [1.29, 1.82) is 0 Å². The van der Waals surface area contributed by atoms with E-state index in [1.807, 2.05) is 6.92 Å². The van der Waals surface area contributed by atoms with Gasteiger partial charge in [-0.05, 0) is 30.7 Å². The second-order valence-corrected chi connectivity index (χ2v) is 3.80. The summed E-state index contributed by atoms with van der Waals surface area (Å²) in [6.45, 7) is 1.94. The first-order valence-electron chi connectivity index (χ1n) is 5.22. The Morgan fingerprint density at radius 1 is 1.19 bits per heavy atom. The minimum absolute atomic E-state index is 0.156. The smallest absolute Gasteiger partial charge is 0.189 e. The van der Waals surface area contributed by atoms with Crippen LogP contribution in [0.15, 0.2) is 29.8 Å². The molecule has 0 aliphatic heterocycles. The molecule has 0 unspecified atom stereocenters. The molecule has 0 aromatic heterocycles. The van der Waals surface area contributed by atoms with Crippen molar-refractivity contribution in [3.8, 4) is 0 Å². The molecule has 0 spiro atoms. The summed E-state index contributed by atoms with van der Waals surface area (Å²) in [5.74, 6) is -0.929. The van der Waals surface area contributed by atoms with Crippen LogP contribution in [0.25, 0.3) is 0 Å². The second-order valence-electron chi connectivity index (χ2n) is 3.80. The molecule has 1 aromatic rings. The highest BCUT2D eigenvalue weighted by Gasteiger charge is 2.24. The van der Waals surface area contributed by atoms with E-state index in [0.717, 1.165) is 12.5 Å². The summed E-state index contributed by atoms with van der Waals surface area (Å²) in [6, 6.07) is 3.71. The van der Waals surface area contributed by atoms with Crippen molar-refractivity contribution in [2.75, 3.05) is 0 Å². The van der Waals surface area contributed by atoms with Crippen molar-refractivity contribution in [2.24, 2.45) is 0 Å². The van der Waals surface area contributed by atoms with Crippen LogP contribution in [0.3, 0.4) is 0 Å². The quantitative estimate of drug-likeness (QED) is 0.764. The molecule has 2 rings (SSSR count). The first-order valence-corrected chi connectivity index (χ1v) is 5.22. The van der Waals surface area contributed by atoms with Gasteiger partial charge in [-0.25, -0.2) is 4.39 Å². The molecule has 0 atom stereocenters. The van der Waals surface area contributed by atoms with Crippen LogP contribution in [-0.2, 0) is 0 Å². The van der Waals surface area contributed by atoms with E-state index in [0.29, 0.717) is 17.6 Å². The Balaban J connectivity index is 2.51. The zero-order valence-corrected chi connectivity index (χ0v) is 8.92. The third-order valence-corrected chi connectivity index (χ3v) is 2.61. The zero-order valence-electron chi connectivity index (χ0n) is 8.92. The highest BCUT2D eigenvalue weighted by molar-refractivity contribution is 6.24. The molecule has 1 aliphatic carbocycles. The van der Waals surface area contributed by atoms with E-state index in [2.05, 4.69) is 0 Å². The number of fused-ring (bicyclic) bond motifs is 1. The molecular formula is C13H11FO2. The van der Waals surface area contributed by atoms with Crippen LogP contribution in [0.5, 0.6) is 0 Å². The summed E-state index contributed by atoms with van der Waals surface area (Å²) in [7, 11) is 0. The van der Waals surface area contributed by atoms with Gasteiger partial charge in [0.15, 0.2) is 11.6 Å². The standard InChI is InChI=1S/C13H11FO2/c1-2-3-8-6-12(15)11-7-9(14)4-5-10(11)13(8)16/h4-7H,2-3H2,1H3. The number of carbonyl (C=O) groups is 2. The van der Waals surface area contributed by atoms with Gasteiger partial charge in [0.2, 0.25) is 0 Å². The monoisotopic (exact) mass is 218 g/mol. The van der Waals surface area contributed by atoms with Crippen molar-refractivity contribution in [2.45, 2.75) is 19.8 Å². The van der Waals surface area contributed by atoms with Gasteiger partial charge in [0.1, 0.15) is 5.82 Å². The number of hydrogen-bond donors (Lipinski definition) is 0. The molecule has 1 aromatic carbocycles. The first-order chi connectivity index (χ1) is 7.63. The number of Topliss-reactive ketones (excluding diaryl/α,β-unsaturated/α-hetero) is 1. The van der Waals surface area contributed by atoms with Crippen LogP contribution in [0, 0.1) is 5.82 Å². The number of halogens is 1. The average molecular weight is 218 g/mol. The van der Waals surface area contributed by atoms with E-state index < -0.39 is 5.82 Å². The van der Waals surface area contributed by atoms with E-state index in [1.165, 1.54) is 18.2 Å². The Kier molecular flexibility index (Phi) is 2.69. The van der Waals surface area contributed by atoms with E-state index in [-0.39, 0.29) is 17.1 Å². The molecule has 16 heavy (non-hydrogen) atoms. The molecule has 1 aliphatic rings. The molecule has 0 heterocycles. The summed E-state index contributed by atoms with van der Waals surface area (Å²) in [6.07, 6.45) is 2.72. The summed E-state index contributed by atoms with van der Waals surface area (Å²) in [5.41, 5.74) is 1.01. The van der Waals surface area contributed by atoms with Gasteiger partial charge in [-0.2, -0.15) is 0 Å². The van der Waals surface area contributed by atoms with Crippen molar-refractivity contribution in [3.63, 3.8) is 0 Å². The van der Waals surface area contributed by atoms with E-state index in [9.17, 15) is 14.0 Å². The number of hydrogen-bond acceptors (Lipinski definition) is 2. The SMILES string of the molecule is CCCC1=CC(=O)c2cc(F)ccc2C1=O. The van der Waals surface area contributed by atoms with Gasteiger partial charge in [0.05, 0.1) is 0 Å². The van der Waals surface area contributed by atoms with Crippen LogP contribution in [0.1, 0.15) is 40.5 Å². The molecule has 2 nitrogen and oxygen atoms in total. The molecule has 0 fully saturated rings. The zero-order chi connectivity index (χ0) is 11.7. The maximum Gasteiger partial charge on any atom is 0.189 e. The molecule has 0 amide bonds. The maximum absolute atomic E-state index is 13.0. The Morgan fingerprint density at radius 3 is 2.62 bits per heavy atom. The van der Waals surface area contributed by atoms with Gasteiger partial charge >= 0.3 is 0 Å². The Labute approximate surface area is 92.8 Å². The normalized spacial score (nSPS) is 14.8. The lowest BCUT2D eigenvalue weighted by atomic mass is 9.88. The lowest BCUT2D eigenvalue weighted by Gasteiger charge is -2.14. The molecule has 0 bridgehead atoms. The van der Waals surface area contributed by atoms with Crippen LogP contribution >= 0.6 is 0 Å². The average Bonchev–Trinajstić information content (AvgIpc) is 2.26. The van der Waals surface area contributed by atoms with E-state index in [4.69, 9.17) is 0 Å². The summed E-state index contributed by atoms with van der Waals surface area (Å²) < 4.78 is 13.0. The van der Waals surface area contributed by atoms with E-state index in [1.54, 1.807) is 0 Å². The van der Waals surface area contributed by atoms with Crippen molar-refractivity contribution in [1.82, 2.24) is 0 Å². The Bertz CT molecular complexity index is 501. The van der Waals surface area contributed by atoms with Gasteiger partial charge in [-0.1, -0.05) is 13.3 Å². The molecule has 0 N–H and O–H groups in total. The largest absolute Gasteiger partial charge is 0.289 e. The van der Waals surface area contributed by atoms with Gasteiger partial charge in [0.25, 0.3) is 0 Å². The minimum Gasteiger partial charge on any atom is -0.289 e. The van der Waals surface area contributed by atoms with Crippen molar-refractivity contribution < 1.29 is 14.0 Å². The van der Waals surface area contributed by atoms with Gasteiger partial charge < -0.3 is 0 Å². The lowest BCUT2D eigenvalue weighted by Crippen LogP contribution is -2.17. The molecule has 0 saturated heterocycles. The first kappa shape index (κ1) is 10.7. The fourth-order valence-electron chi connectivity index (χ4n) is 1.85. The molecule has 0 radical (unpaired) electrons. The predicted octanol–water partition coefficient (Wildman–Crippen LogP) is 2.93. The summed E-state index contributed by atoms with van der Waals surface area (Å²) in [4.78, 5) is 23.6. The molecule has 0 saturated carbocycles. The van der Waals surface area contributed by atoms with Crippen LogP contribution in [-0.4, -0.2) is 11.6 Å². The van der Waals surface area contributed by atoms with Crippen LogP contribution < -0.4 is 0 Å². The fraction of sp³-hybridized carbons (Fsp3) is 0.231. The summed E-state index contributed by atoms with van der Waals surface area (Å²) in [5, 5.41) is 0. The number of benzene rings is 1. The maximum atomic E-state index is 13.0. The highest BCUT2D eigenvalue weighted by Crippen LogP contribution is 2.24. The molecule has 3 heteroatoms. The molecule has 82 valence electrons. The second kappa shape index (κ2) is 4.00. The fourth-order valence-corrected chi connectivity index (χ4v) is 1.85. The van der Waals surface area contributed by atoms with Gasteiger partial charge in [0, 0.05) is 16.7 Å². The Hall–Kier alpha value is -1.77. The van der Waals surface area contributed by atoms with Gasteiger partial charge in [-0.3, -0.25) is 9.59 Å². The number of carbonyl (C=O) groups excluding carboxylic acids is 2. The van der Waals surface area contributed by atoms with Crippen molar-refractivity contribution >= 4 is 11.6 Å². The van der Waals surface area contributed by atoms with E-state index >= 15 is 0 Å². The van der Waals surface area contributed by atoms with Crippen LogP contribution in [0.4, 0.5) is 4.39 Å². The highest BCUT2D eigenvalue weighted by atomic mass is 19.1. The topological polar surface area (TPSA) is 34.1 Å². The van der Waals surface area contributed by atoms with Crippen LogP contribution in [0.2, 0.25) is 0 Å². The number of rotatable bonds is 2. The number of allylic oxidation sites excluding steroid dienone is 2. The predicted molar refractivity (Wildman–Crippen MR) is 58.1 cm³/mol. The van der Waals surface area contributed by atoms with Gasteiger partial charge in [-0.15, -0.1) is 0 Å². The lowest BCUT2D eigenvalue weighted by molar-refractivity contribution is 0.0981. The third-order valence-electron chi connectivity index (χ3n) is 2.61. The third kappa shape index (κ3) is 1.69. The summed E-state index contributed by atoms with van der Waals surface area (Å²) >= 11 is 0. The minimum atomic E-state index is -0.493. The van der Waals surface area contributed by atoms with Crippen molar-refractivity contribution in [3.05, 3.63) is 46.8 Å². The Morgan fingerprint density at radius 2 is 1.94 bits per heavy atom.